The summed E-state index contributed by atoms with van der Waals surface area (Å²) in [6.45, 7) is 1.00. The Bertz CT molecular complexity index is 76.5. The fourth-order valence-corrected chi connectivity index (χ4v) is 1.63. The van der Waals surface area contributed by atoms with Crippen molar-refractivity contribution in [3.63, 3.8) is 0 Å². The molecule has 0 aromatic carbocycles. The predicted molar refractivity (Wildman–Crippen MR) is 38.2 cm³/mol. The van der Waals surface area contributed by atoms with Gasteiger partial charge in [-0.05, 0) is 0 Å². The van der Waals surface area contributed by atoms with E-state index in [0.717, 1.165) is 6.61 Å². The molecule has 0 aromatic heterocycles. The van der Waals surface area contributed by atoms with E-state index in [-0.39, 0.29) is 0 Å². The van der Waals surface area contributed by atoms with E-state index in [1.807, 2.05) is 0 Å². The van der Waals surface area contributed by atoms with Gasteiger partial charge in [-0.2, -0.15) is 0 Å². The SMILES string of the molecule is [Li][C]1([SiH3])CCCCO1. The van der Waals surface area contributed by atoms with E-state index in [9.17, 15) is 0 Å². The van der Waals surface area contributed by atoms with Crippen molar-refractivity contribution in [1.82, 2.24) is 0 Å². The average Bonchev–Trinajstić information content (AvgIpc) is 1.65. The first-order valence-electron chi connectivity index (χ1n) is 3.35. The Morgan fingerprint density at radius 2 is 2.25 bits per heavy atom. The van der Waals surface area contributed by atoms with Gasteiger partial charge in [0, 0.05) is 0 Å². The number of ether oxygens (including phenoxy) is 1. The van der Waals surface area contributed by atoms with Crippen LogP contribution in [0.1, 0.15) is 19.3 Å². The Morgan fingerprint density at radius 3 is 2.50 bits per heavy atom. The number of rotatable bonds is 0. The van der Waals surface area contributed by atoms with Gasteiger partial charge < -0.3 is 0 Å². The van der Waals surface area contributed by atoms with Gasteiger partial charge in [0.2, 0.25) is 0 Å². The normalized spacial score (nSPS) is 40.2. The van der Waals surface area contributed by atoms with Gasteiger partial charge in [0.25, 0.3) is 0 Å². The summed E-state index contributed by atoms with van der Waals surface area (Å²) in [6.07, 6.45) is 3.94. The van der Waals surface area contributed by atoms with E-state index in [1.165, 1.54) is 29.5 Å². The van der Waals surface area contributed by atoms with E-state index in [0.29, 0.717) is 3.90 Å². The van der Waals surface area contributed by atoms with Crippen LogP contribution >= 0.6 is 0 Å². The molecule has 0 N–H and O–H groups in total. The molecule has 3 heteroatoms. The Kier molecular flexibility index (Phi) is 2.22. The van der Waals surface area contributed by atoms with Gasteiger partial charge in [0.15, 0.2) is 0 Å². The third kappa shape index (κ3) is 1.95. The summed E-state index contributed by atoms with van der Waals surface area (Å²) < 4.78 is 5.84. The molecule has 0 aromatic rings. The first-order chi connectivity index (χ1) is 3.71. The van der Waals surface area contributed by atoms with E-state index >= 15 is 0 Å². The van der Waals surface area contributed by atoms with E-state index in [4.69, 9.17) is 4.74 Å². The molecule has 42 valence electrons. The fraction of sp³-hybridized carbons (Fsp3) is 1.00. The van der Waals surface area contributed by atoms with Crippen LogP contribution in [0, 0.1) is 0 Å². The summed E-state index contributed by atoms with van der Waals surface area (Å²) in [4.78, 5) is 0. The van der Waals surface area contributed by atoms with Crippen LogP contribution in [0.15, 0.2) is 0 Å². The topological polar surface area (TPSA) is 9.23 Å². The first-order valence-corrected chi connectivity index (χ1v) is 4.35. The van der Waals surface area contributed by atoms with Crippen molar-refractivity contribution in [2.75, 3.05) is 6.61 Å². The molecule has 1 nitrogen and oxygen atoms in total. The Hall–Kier alpha value is 0.774. The van der Waals surface area contributed by atoms with Crippen LogP contribution in [-0.4, -0.2) is 38.5 Å². The van der Waals surface area contributed by atoms with E-state index < -0.39 is 0 Å². The van der Waals surface area contributed by atoms with Crippen molar-refractivity contribution in [2.45, 2.75) is 23.2 Å². The average molecular weight is 122 g/mol. The van der Waals surface area contributed by atoms with Crippen LogP contribution in [-0.2, 0) is 4.74 Å². The zero-order chi connectivity index (χ0) is 6.04. The Balaban J connectivity index is 2.33. The molecule has 1 aliphatic rings. The van der Waals surface area contributed by atoms with Crippen LogP contribution in [0.2, 0.25) is 0 Å². The Labute approximate surface area is 62.8 Å². The van der Waals surface area contributed by atoms with Crippen molar-refractivity contribution in [1.29, 1.82) is 0 Å². The van der Waals surface area contributed by atoms with E-state index in [2.05, 4.69) is 17.7 Å². The third-order valence-corrected chi connectivity index (χ3v) is 2.45. The minimum atomic E-state index is 0.318. The van der Waals surface area contributed by atoms with Crippen LogP contribution < -0.4 is 0 Å². The monoisotopic (exact) mass is 122 g/mol. The molecule has 0 aliphatic carbocycles. The van der Waals surface area contributed by atoms with Crippen LogP contribution in [0.3, 0.4) is 0 Å². The molecule has 8 heavy (non-hydrogen) atoms. The van der Waals surface area contributed by atoms with Gasteiger partial charge in [0.05, 0.1) is 0 Å². The molecule has 1 aliphatic heterocycles. The summed E-state index contributed by atoms with van der Waals surface area (Å²) in [5, 5.41) is 0. The molecule has 0 saturated carbocycles. The van der Waals surface area contributed by atoms with Gasteiger partial charge in [0.1, 0.15) is 0 Å². The maximum atomic E-state index is 5.53. The summed E-state index contributed by atoms with van der Waals surface area (Å²) in [5.41, 5.74) is 0. The molecule has 1 heterocycles. The standard InChI is InChI=1S/C5H11OSi.Li/c7-5-3-1-2-4-6-5;/h1-4H2,7H3;. The molecule has 0 radical (unpaired) electrons. The summed E-state index contributed by atoms with van der Waals surface area (Å²) in [5.74, 6) is 0. The molecule has 1 rings (SSSR count). The van der Waals surface area contributed by atoms with Crippen molar-refractivity contribution in [3.05, 3.63) is 0 Å². The fourth-order valence-electron chi connectivity index (χ4n) is 1.07. The van der Waals surface area contributed by atoms with Crippen LogP contribution in [0.25, 0.3) is 0 Å². The molecular formula is C5H11LiOSi. The van der Waals surface area contributed by atoms with E-state index in [1.54, 1.807) is 0 Å². The minimum absolute atomic E-state index is 0.318. The molecule has 0 bridgehead atoms. The second-order valence-corrected chi connectivity index (χ2v) is 5.18. The zero-order valence-electron chi connectivity index (χ0n) is 5.74. The predicted octanol–water partition coefficient (Wildman–Crippen LogP) is -0.625. The second kappa shape index (κ2) is 2.57. The molecule has 0 amide bonds. The maximum absolute atomic E-state index is 5.53. The number of hydrogen-bond acceptors (Lipinski definition) is 1. The first kappa shape index (κ1) is 6.89. The van der Waals surface area contributed by atoms with Crippen molar-refractivity contribution >= 4 is 28.0 Å². The second-order valence-electron chi connectivity index (χ2n) is 3.07. The quantitative estimate of drug-likeness (QED) is 0.389. The molecule has 1 unspecified atom stereocenters. The van der Waals surface area contributed by atoms with Crippen molar-refractivity contribution in [2.24, 2.45) is 0 Å². The molecule has 1 fully saturated rings. The molecule has 1 atom stereocenters. The molecule has 1 saturated heterocycles. The molecule has 0 spiro atoms. The number of hydrogen-bond donors (Lipinski definition) is 0. The van der Waals surface area contributed by atoms with Crippen LogP contribution in [0.4, 0.5) is 0 Å². The van der Waals surface area contributed by atoms with Gasteiger partial charge in [-0.3, -0.25) is 0 Å². The summed E-state index contributed by atoms with van der Waals surface area (Å²) >= 11 is 2.22. The van der Waals surface area contributed by atoms with Gasteiger partial charge in [-0.15, -0.1) is 0 Å². The van der Waals surface area contributed by atoms with Crippen molar-refractivity contribution < 1.29 is 4.74 Å². The van der Waals surface area contributed by atoms with Gasteiger partial charge >= 0.3 is 62.5 Å². The van der Waals surface area contributed by atoms with Crippen LogP contribution in [0.5, 0.6) is 0 Å². The summed E-state index contributed by atoms with van der Waals surface area (Å²) in [6, 6.07) is 0. The van der Waals surface area contributed by atoms with Crippen molar-refractivity contribution in [3.8, 4) is 0 Å². The Morgan fingerprint density at radius 1 is 1.50 bits per heavy atom. The van der Waals surface area contributed by atoms with Gasteiger partial charge in [-0.25, -0.2) is 0 Å². The zero-order valence-corrected chi connectivity index (χ0v) is 7.74. The molecular weight excluding hydrogens is 111 g/mol. The summed E-state index contributed by atoms with van der Waals surface area (Å²) in [7, 11) is 1.19. The third-order valence-electron chi connectivity index (χ3n) is 1.67. The van der Waals surface area contributed by atoms with Gasteiger partial charge in [-0.1, -0.05) is 0 Å².